The van der Waals surface area contributed by atoms with Crippen molar-refractivity contribution in [1.29, 1.82) is 0 Å². The average Bonchev–Trinajstić information content (AvgIpc) is 3.01. The maximum atomic E-state index is 13.5. The van der Waals surface area contributed by atoms with Crippen LogP contribution in [0.3, 0.4) is 0 Å². The first kappa shape index (κ1) is 25.5. The third-order valence-electron chi connectivity index (χ3n) is 4.75. The Morgan fingerprint density at radius 2 is 1.66 bits per heavy atom. The number of ether oxygens (including phenoxy) is 1. The van der Waals surface area contributed by atoms with Crippen LogP contribution in [0.1, 0.15) is 33.6 Å². The lowest BCUT2D eigenvalue weighted by atomic mass is 10.1. The summed E-state index contributed by atoms with van der Waals surface area (Å²) in [7, 11) is 1.62. The number of benzene rings is 2. The quantitative estimate of drug-likeness (QED) is 0.163. The number of aliphatic imine (C=N–C) groups is 1. The monoisotopic (exact) mass is 558 g/mol. The van der Waals surface area contributed by atoms with Crippen molar-refractivity contribution in [2.24, 2.45) is 4.99 Å². The molecule has 2 aromatic carbocycles. The van der Waals surface area contributed by atoms with E-state index in [4.69, 9.17) is 4.74 Å². The second kappa shape index (κ2) is 12.3. The van der Waals surface area contributed by atoms with Gasteiger partial charge in [-0.25, -0.2) is 8.78 Å². The molecule has 0 unspecified atom stereocenters. The Morgan fingerprint density at radius 1 is 1.00 bits per heavy atom. The van der Waals surface area contributed by atoms with Crippen LogP contribution in [0.15, 0.2) is 47.5 Å². The van der Waals surface area contributed by atoms with Crippen molar-refractivity contribution in [2.45, 2.75) is 12.8 Å². The highest BCUT2D eigenvalue weighted by Gasteiger charge is 2.34. The smallest absolute Gasteiger partial charge is 0.261 e. The molecule has 7 nitrogen and oxygen atoms in total. The van der Waals surface area contributed by atoms with Gasteiger partial charge in [0.2, 0.25) is 0 Å². The van der Waals surface area contributed by atoms with Gasteiger partial charge in [-0.3, -0.25) is 19.5 Å². The van der Waals surface area contributed by atoms with Gasteiger partial charge in [0.25, 0.3) is 11.8 Å². The van der Waals surface area contributed by atoms with Crippen molar-refractivity contribution in [3.05, 3.63) is 65.2 Å². The van der Waals surface area contributed by atoms with Crippen LogP contribution in [0.4, 0.5) is 8.78 Å². The average molecular weight is 558 g/mol. The maximum Gasteiger partial charge on any atom is 0.261 e. The number of nitrogens with zero attached hydrogens (tertiary/aromatic N) is 2. The molecule has 172 valence electrons. The number of imide groups is 1. The minimum absolute atomic E-state index is 0. The Labute approximate surface area is 202 Å². The molecule has 0 aromatic heterocycles. The van der Waals surface area contributed by atoms with Crippen LogP contribution in [0.5, 0.6) is 5.75 Å². The number of amides is 2. The molecule has 2 N–H and O–H groups in total. The molecule has 2 amide bonds. The van der Waals surface area contributed by atoms with Crippen LogP contribution >= 0.6 is 24.0 Å². The van der Waals surface area contributed by atoms with Gasteiger partial charge in [-0.2, -0.15) is 0 Å². The van der Waals surface area contributed by atoms with Crippen molar-refractivity contribution in [2.75, 3.05) is 33.3 Å². The van der Waals surface area contributed by atoms with Gasteiger partial charge in [0.05, 0.1) is 17.7 Å². The van der Waals surface area contributed by atoms with E-state index in [0.717, 1.165) is 18.6 Å². The summed E-state index contributed by atoms with van der Waals surface area (Å²) in [6.45, 7) is 1.49. The molecule has 2 aromatic rings. The predicted octanol–water partition coefficient (Wildman–Crippen LogP) is 3.20. The second-order valence-corrected chi connectivity index (χ2v) is 6.86. The summed E-state index contributed by atoms with van der Waals surface area (Å²) in [4.78, 5) is 30.0. The van der Waals surface area contributed by atoms with E-state index in [0.29, 0.717) is 43.1 Å². The fraction of sp³-hybridized carbons (Fsp3) is 0.318. The number of hydrogen-bond donors (Lipinski definition) is 2. The number of carbonyl (C=O) groups excluding carboxylic acids is 2. The molecule has 0 bridgehead atoms. The Hall–Kier alpha value is -2.76. The minimum atomic E-state index is -0.749. The summed E-state index contributed by atoms with van der Waals surface area (Å²) < 4.78 is 31.7. The number of fused-ring (bicyclic) bond motifs is 1. The van der Waals surface area contributed by atoms with Gasteiger partial charge in [0, 0.05) is 26.2 Å². The van der Waals surface area contributed by atoms with E-state index in [2.05, 4.69) is 15.6 Å². The third-order valence-corrected chi connectivity index (χ3v) is 4.75. The molecule has 0 aliphatic carbocycles. The highest BCUT2D eigenvalue weighted by atomic mass is 127. The third kappa shape index (κ3) is 6.38. The summed E-state index contributed by atoms with van der Waals surface area (Å²) in [6, 6.07) is 9.97. The molecule has 0 saturated heterocycles. The fourth-order valence-corrected chi connectivity index (χ4v) is 3.19. The van der Waals surface area contributed by atoms with E-state index in [1.807, 2.05) is 0 Å². The molecule has 1 aliphatic heterocycles. The molecule has 3 rings (SSSR count). The molecular formula is C22H25F2IN4O3. The van der Waals surface area contributed by atoms with Gasteiger partial charge in [0.1, 0.15) is 12.4 Å². The number of unbranched alkanes of at least 4 members (excludes halogenated alkanes) is 1. The van der Waals surface area contributed by atoms with Gasteiger partial charge >= 0.3 is 0 Å². The van der Waals surface area contributed by atoms with E-state index >= 15 is 0 Å². The minimum Gasteiger partial charge on any atom is -0.489 e. The fourth-order valence-electron chi connectivity index (χ4n) is 3.19. The summed E-state index contributed by atoms with van der Waals surface area (Å²) in [5.74, 6) is -1.37. The molecule has 1 aliphatic rings. The SMILES string of the molecule is CN=C(NCCCCN1C(=O)c2ccccc2C1=O)NCCOc1ccc(F)cc1F.I. The predicted molar refractivity (Wildman–Crippen MR) is 128 cm³/mol. The van der Waals surface area contributed by atoms with Crippen LogP contribution in [0.2, 0.25) is 0 Å². The molecule has 0 spiro atoms. The number of halogens is 3. The van der Waals surface area contributed by atoms with E-state index in [9.17, 15) is 18.4 Å². The molecule has 1 heterocycles. The van der Waals surface area contributed by atoms with Crippen LogP contribution in [-0.4, -0.2) is 56.0 Å². The number of hydrogen-bond acceptors (Lipinski definition) is 4. The number of carbonyl (C=O) groups is 2. The van der Waals surface area contributed by atoms with E-state index < -0.39 is 11.6 Å². The number of guanidine groups is 1. The van der Waals surface area contributed by atoms with Crippen LogP contribution in [0, 0.1) is 11.6 Å². The first-order valence-electron chi connectivity index (χ1n) is 9.99. The zero-order chi connectivity index (χ0) is 22.2. The molecule has 0 fully saturated rings. The van der Waals surface area contributed by atoms with Crippen molar-refractivity contribution in [3.8, 4) is 5.75 Å². The highest BCUT2D eigenvalue weighted by Crippen LogP contribution is 2.22. The van der Waals surface area contributed by atoms with Crippen LogP contribution in [-0.2, 0) is 0 Å². The normalized spacial score (nSPS) is 13.0. The molecule has 0 saturated carbocycles. The summed E-state index contributed by atoms with van der Waals surface area (Å²) >= 11 is 0. The number of rotatable bonds is 9. The summed E-state index contributed by atoms with van der Waals surface area (Å²) in [5.41, 5.74) is 0.913. The molecule has 0 radical (unpaired) electrons. The lowest BCUT2D eigenvalue weighted by Crippen LogP contribution is -2.40. The molecular weight excluding hydrogens is 533 g/mol. The Morgan fingerprint density at radius 3 is 2.28 bits per heavy atom. The largest absolute Gasteiger partial charge is 0.489 e. The van der Waals surface area contributed by atoms with Crippen molar-refractivity contribution >= 4 is 41.8 Å². The van der Waals surface area contributed by atoms with E-state index in [1.54, 1.807) is 31.3 Å². The topological polar surface area (TPSA) is 83.0 Å². The number of nitrogens with one attached hydrogen (secondary N) is 2. The van der Waals surface area contributed by atoms with Crippen molar-refractivity contribution < 1.29 is 23.1 Å². The Balaban J connectivity index is 0.00000363. The highest BCUT2D eigenvalue weighted by molar-refractivity contribution is 14.0. The Bertz CT molecular complexity index is 952. The van der Waals surface area contributed by atoms with Gasteiger partial charge in [-0.1, -0.05) is 12.1 Å². The van der Waals surface area contributed by atoms with Gasteiger partial charge in [-0.05, 0) is 37.1 Å². The Kier molecular flexibility index (Phi) is 9.82. The van der Waals surface area contributed by atoms with Crippen molar-refractivity contribution in [1.82, 2.24) is 15.5 Å². The first-order valence-corrected chi connectivity index (χ1v) is 9.99. The summed E-state index contributed by atoms with van der Waals surface area (Å²) in [5, 5.41) is 6.15. The second-order valence-electron chi connectivity index (χ2n) is 6.86. The van der Waals surface area contributed by atoms with Crippen molar-refractivity contribution in [3.63, 3.8) is 0 Å². The van der Waals surface area contributed by atoms with E-state index in [-0.39, 0.29) is 48.1 Å². The molecule has 0 atom stereocenters. The standard InChI is InChI=1S/C22H24F2N4O3.HI/c1-25-22(27-11-13-31-19-9-8-15(23)14-18(19)24)26-10-4-5-12-28-20(29)16-6-2-3-7-17(16)21(28)30;/h2-3,6-9,14H,4-5,10-13H2,1H3,(H2,25,26,27);1H. The lowest BCUT2D eigenvalue weighted by molar-refractivity contribution is 0.0652. The zero-order valence-electron chi connectivity index (χ0n) is 17.6. The summed E-state index contributed by atoms with van der Waals surface area (Å²) in [6.07, 6.45) is 1.38. The van der Waals surface area contributed by atoms with E-state index in [1.165, 1.54) is 11.0 Å². The zero-order valence-corrected chi connectivity index (χ0v) is 19.9. The molecule has 32 heavy (non-hydrogen) atoms. The van der Waals surface area contributed by atoms with Gasteiger partial charge in [-0.15, -0.1) is 24.0 Å². The lowest BCUT2D eigenvalue weighted by Gasteiger charge is -2.15. The van der Waals surface area contributed by atoms with Crippen LogP contribution < -0.4 is 15.4 Å². The van der Waals surface area contributed by atoms with Gasteiger partial charge < -0.3 is 15.4 Å². The van der Waals surface area contributed by atoms with Gasteiger partial charge in [0.15, 0.2) is 17.5 Å². The first-order chi connectivity index (χ1) is 15.0. The maximum absolute atomic E-state index is 13.5. The molecule has 10 heteroatoms. The van der Waals surface area contributed by atoms with Crippen LogP contribution in [0.25, 0.3) is 0 Å².